The molecule has 4 rings (SSSR count). The van der Waals surface area contributed by atoms with Crippen molar-refractivity contribution in [3.63, 3.8) is 0 Å². The molecule has 1 aliphatic rings. The fraction of sp³-hybridized carbons (Fsp3) is 0.318. The zero-order valence-corrected chi connectivity index (χ0v) is 18.0. The highest BCUT2D eigenvalue weighted by atomic mass is 35.5. The lowest BCUT2D eigenvalue weighted by atomic mass is 10.0. The van der Waals surface area contributed by atoms with Crippen molar-refractivity contribution in [1.29, 1.82) is 0 Å². The van der Waals surface area contributed by atoms with E-state index < -0.39 is 0 Å². The number of hydrogen-bond acceptors (Lipinski definition) is 5. The van der Waals surface area contributed by atoms with E-state index in [1.165, 1.54) is 11.3 Å². The van der Waals surface area contributed by atoms with Crippen LogP contribution in [0.1, 0.15) is 44.0 Å². The van der Waals surface area contributed by atoms with Crippen LogP contribution in [-0.4, -0.2) is 40.5 Å². The Balaban J connectivity index is 1.54. The standard InChI is InChI=1S/C22H22ClN3O2S/c1-14-9-16(10-17-5-3-4-6-18(17)23)11-19(25-14)20-12-26(7-8-28-20)22(27)21-15(2)24-13-29-21/h3-6,9,11,13,20H,7-8,10,12H2,1-2H3/t20-/m1/s1. The highest BCUT2D eigenvalue weighted by Gasteiger charge is 2.28. The molecule has 0 spiro atoms. The Hall–Kier alpha value is -2.28. The van der Waals surface area contributed by atoms with Gasteiger partial charge in [-0.3, -0.25) is 9.78 Å². The smallest absolute Gasteiger partial charge is 0.266 e. The van der Waals surface area contributed by atoms with E-state index in [0.29, 0.717) is 24.6 Å². The minimum absolute atomic E-state index is 0.0160. The van der Waals surface area contributed by atoms with Gasteiger partial charge in [-0.25, -0.2) is 4.98 Å². The molecule has 5 nitrogen and oxygen atoms in total. The van der Waals surface area contributed by atoms with Crippen molar-refractivity contribution in [1.82, 2.24) is 14.9 Å². The maximum absolute atomic E-state index is 12.9. The normalized spacial score (nSPS) is 16.8. The number of benzene rings is 1. The Bertz CT molecular complexity index is 1040. The van der Waals surface area contributed by atoms with Crippen molar-refractivity contribution < 1.29 is 9.53 Å². The van der Waals surface area contributed by atoms with Crippen molar-refractivity contribution in [3.05, 3.63) is 80.0 Å². The first-order valence-corrected chi connectivity index (χ1v) is 10.8. The third-order valence-corrected chi connectivity index (χ3v) is 6.29. The first kappa shape index (κ1) is 20.0. The Morgan fingerprint density at radius 2 is 2.14 bits per heavy atom. The Labute approximate surface area is 179 Å². The van der Waals surface area contributed by atoms with Crippen molar-refractivity contribution >= 4 is 28.8 Å². The van der Waals surface area contributed by atoms with Gasteiger partial charge in [-0.05, 0) is 49.6 Å². The average molecular weight is 428 g/mol. The molecule has 1 aromatic carbocycles. The summed E-state index contributed by atoms with van der Waals surface area (Å²) in [5.41, 5.74) is 6.47. The van der Waals surface area contributed by atoms with Gasteiger partial charge in [0.25, 0.3) is 5.91 Å². The summed E-state index contributed by atoms with van der Waals surface area (Å²) in [7, 11) is 0. The zero-order valence-electron chi connectivity index (χ0n) is 16.4. The quantitative estimate of drug-likeness (QED) is 0.610. The number of pyridine rings is 1. The number of hydrogen-bond donors (Lipinski definition) is 0. The van der Waals surface area contributed by atoms with Gasteiger partial charge < -0.3 is 9.64 Å². The van der Waals surface area contributed by atoms with E-state index >= 15 is 0 Å². The van der Waals surface area contributed by atoms with Gasteiger partial charge >= 0.3 is 0 Å². The van der Waals surface area contributed by atoms with Crippen molar-refractivity contribution in [2.24, 2.45) is 0 Å². The van der Waals surface area contributed by atoms with Crippen LogP contribution >= 0.6 is 22.9 Å². The number of rotatable bonds is 4. The second kappa shape index (κ2) is 8.61. The summed E-state index contributed by atoms with van der Waals surface area (Å²) in [5.74, 6) is 0.0160. The van der Waals surface area contributed by atoms with E-state index in [2.05, 4.69) is 22.1 Å². The van der Waals surface area contributed by atoms with E-state index in [9.17, 15) is 4.79 Å². The molecule has 1 aliphatic heterocycles. The minimum Gasteiger partial charge on any atom is -0.368 e. The van der Waals surface area contributed by atoms with Gasteiger partial charge in [-0.1, -0.05) is 29.8 Å². The molecular formula is C22H22ClN3O2S. The Kier molecular flexibility index (Phi) is 5.94. The molecule has 3 aromatic rings. The molecule has 0 N–H and O–H groups in total. The first-order chi connectivity index (χ1) is 14.0. The molecular weight excluding hydrogens is 406 g/mol. The fourth-order valence-electron chi connectivity index (χ4n) is 3.56. The first-order valence-electron chi connectivity index (χ1n) is 9.53. The highest BCUT2D eigenvalue weighted by molar-refractivity contribution is 7.11. The van der Waals surface area contributed by atoms with Gasteiger partial charge in [0.15, 0.2) is 0 Å². The molecule has 7 heteroatoms. The molecule has 0 aliphatic carbocycles. The summed E-state index contributed by atoms with van der Waals surface area (Å²) in [6.07, 6.45) is 0.483. The number of aromatic nitrogens is 2. The predicted molar refractivity (Wildman–Crippen MR) is 115 cm³/mol. The summed E-state index contributed by atoms with van der Waals surface area (Å²) in [6.45, 7) is 5.39. The Morgan fingerprint density at radius 3 is 2.90 bits per heavy atom. The van der Waals surface area contributed by atoms with Gasteiger partial charge in [0, 0.05) is 17.3 Å². The summed E-state index contributed by atoms with van der Waals surface area (Å²) >= 11 is 7.71. The van der Waals surface area contributed by atoms with Crippen LogP contribution in [0.4, 0.5) is 0 Å². The van der Waals surface area contributed by atoms with E-state index in [0.717, 1.165) is 39.7 Å². The monoisotopic (exact) mass is 427 g/mol. The van der Waals surface area contributed by atoms with Crippen LogP contribution in [0.3, 0.4) is 0 Å². The highest BCUT2D eigenvalue weighted by Crippen LogP contribution is 2.26. The van der Waals surface area contributed by atoms with Gasteiger partial charge in [-0.15, -0.1) is 11.3 Å². The van der Waals surface area contributed by atoms with Gasteiger partial charge in [0.2, 0.25) is 0 Å². The molecule has 2 aromatic heterocycles. The van der Waals surface area contributed by atoms with Crippen molar-refractivity contribution in [2.75, 3.05) is 19.7 Å². The number of aryl methyl sites for hydroxylation is 2. The molecule has 0 unspecified atom stereocenters. The zero-order chi connectivity index (χ0) is 20.4. The number of ether oxygens (including phenoxy) is 1. The largest absolute Gasteiger partial charge is 0.368 e. The number of morpholine rings is 1. The van der Waals surface area contributed by atoms with Crippen molar-refractivity contribution in [3.8, 4) is 0 Å². The lowest BCUT2D eigenvalue weighted by molar-refractivity contribution is -0.0246. The molecule has 3 heterocycles. The second-order valence-electron chi connectivity index (χ2n) is 7.19. The number of carbonyl (C=O) groups excluding carboxylic acids is 1. The van der Waals surface area contributed by atoms with Gasteiger partial charge in [0.05, 0.1) is 30.1 Å². The minimum atomic E-state index is -0.245. The van der Waals surface area contributed by atoms with Crippen LogP contribution in [0.15, 0.2) is 41.9 Å². The van der Waals surface area contributed by atoms with Crippen LogP contribution in [0.2, 0.25) is 5.02 Å². The number of carbonyl (C=O) groups is 1. The van der Waals surface area contributed by atoms with Crippen LogP contribution in [0.5, 0.6) is 0 Å². The molecule has 1 fully saturated rings. The fourth-order valence-corrected chi connectivity index (χ4v) is 4.53. The lowest BCUT2D eigenvalue weighted by Crippen LogP contribution is -2.42. The van der Waals surface area contributed by atoms with Crippen molar-refractivity contribution in [2.45, 2.75) is 26.4 Å². The van der Waals surface area contributed by atoms with Crippen LogP contribution in [0, 0.1) is 13.8 Å². The summed E-state index contributed by atoms with van der Waals surface area (Å²) < 4.78 is 5.98. The van der Waals surface area contributed by atoms with Crippen LogP contribution in [-0.2, 0) is 11.2 Å². The lowest BCUT2D eigenvalue weighted by Gasteiger charge is -2.32. The summed E-state index contributed by atoms with van der Waals surface area (Å²) in [4.78, 5) is 24.3. The Morgan fingerprint density at radius 1 is 1.31 bits per heavy atom. The van der Waals surface area contributed by atoms with Crippen LogP contribution in [0.25, 0.3) is 0 Å². The van der Waals surface area contributed by atoms with E-state index in [1.807, 2.05) is 43.0 Å². The van der Waals surface area contributed by atoms with Gasteiger partial charge in [-0.2, -0.15) is 0 Å². The third kappa shape index (κ3) is 4.50. The number of nitrogens with zero attached hydrogens (tertiary/aromatic N) is 3. The third-order valence-electron chi connectivity index (χ3n) is 5.01. The molecule has 0 saturated carbocycles. The average Bonchev–Trinajstić information content (AvgIpc) is 3.15. The molecule has 0 bridgehead atoms. The van der Waals surface area contributed by atoms with Gasteiger partial charge in [0.1, 0.15) is 11.0 Å². The maximum Gasteiger partial charge on any atom is 0.266 e. The summed E-state index contributed by atoms with van der Waals surface area (Å²) in [6, 6.07) is 12.0. The van der Waals surface area contributed by atoms with E-state index in [4.69, 9.17) is 16.3 Å². The number of amides is 1. The topological polar surface area (TPSA) is 55.3 Å². The van der Waals surface area contributed by atoms with Crippen LogP contribution < -0.4 is 0 Å². The molecule has 150 valence electrons. The molecule has 1 saturated heterocycles. The SMILES string of the molecule is Cc1cc(Cc2ccccc2Cl)cc([C@H]2CN(C(=O)c3scnc3C)CCO2)n1. The molecule has 1 amide bonds. The molecule has 0 radical (unpaired) electrons. The second-order valence-corrected chi connectivity index (χ2v) is 8.45. The molecule has 1 atom stereocenters. The predicted octanol–water partition coefficient (Wildman–Crippen LogP) is 4.61. The number of halogens is 1. The van der Waals surface area contributed by atoms with E-state index in [-0.39, 0.29) is 12.0 Å². The maximum atomic E-state index is 12.9. The van der Waals surface area contributed by atoms with E-state index in [1.54, 1.807) is 5.51 Å². The molecule has 29 heavy (non-hydrogen) atoms. The summed E-state index contributed by atoms with van der Waals surface area (Å²) in [5, 5.41) is 0.758. The number of thiazole rings is 1.